The molecule has 102 valence electrons. The van der Waals surface area contributed by atoms with Gasteiger partial charge in [0.05, 0.1) is 12.1 Å². The first kappa shape index (κ1) is 14.0. The third-order valence-corrected chi connectivity index (χ3v) is 3.63. The topological polar surface area (TPSA) is 39.1 Å². The quantitative estimate of drug-likeness (QED) is 0.880. The molecule has 2 rings (SSSR count). The lowest BCUT2D eigenvalue weighted by Gasteiger charge is -2.29. The van der Waals surface area contributed by atoms with Crippen molar-refractivity contribution < 1.29 is 0 Å². The van der Waals surface area contributed by atoms with Crippen molar-refractivity contribution in [1.82, 2.24) is 10.2 Å². The van der Waals surface area contributed by atoms with Crippen molar-refractivity contribution in [3.05, 3.63) is 35.4 Å². The fourth-order valence-corrected chi connectivity index (χ4v) is 2.64. The second-order valence-electron chi connectivity index (χ2n) is 5.59. The Labute approximate surface area is 116 Å². The van der Waals surface area contributed by atoms with Crippen molar-refractivity contribution in [3.8, 4) is 6.07 Å². The highest BCUT2D eigenvalue weighted by Gasteiger charge is 2.17. The second kappa shape index (κ2) is 6.70. The predicted molar refractivity (Wildman–Crippen MR) is 77.7 cm³/mol. The highest BCUT2D eigenvalue weighted by atomic mass is 15.1. The fourth-order valence-electron chi connectivity index (χ4n) is 2.64. The molecule has 1 unspecified atom stereocenters. The summed E-state index contributed by atoms with van der Waals surface area (Å²) in [7, 11) is 0. The van der Waals surface area contributed by atoms with E-state index in [-0.39, 0.29) is 6.04 Å². The van der Waals surface area contributed by atoms with Gasteiger partial charge in [-0.3, -0.25) is 10.2 Å². The van der Waals surface area contributed by atoms with E-state index >= 15 is 0 Å². The molecular weight excluding hydrogens is 234 g/mol. The summed E-state index contributed by atoms with van der Waals surface area (Å²) in [6, 6.07) is 11.4. The Bertz CT molecular complexity index is 448. The lowest BCUT2D eigenvalue weighted by atomic mass is 9.99. The minimum atomic E-state index is -0.0304. The van der Waals surface area contributed by atoms with Crippen molar-refractivity contribution in [2.45, 2.75) is 45.3 Å². The van der Waals surface area contributed by atoms with Crippen LogP contribution < -0.4 is 5.32 Å². The molecule has 1 atom stereocenters. The van der Waals surface area contributed by atoms with Gasteiger partial charge in [-0.15, -0.1) is 0 Å². The van der Waals surface area contributed by atoms with Crippen LogP contribution in [-0.2, 0) is 13.0 Å². The van der Waals surface area contributed by atoms with Gasteiger partial charge in [-0.05, 0) is 37.8 Å². The third kappa shape index (κ3) is 4.05. The summed E-state index contributed by atoms with van der Waals surface area (Å²) >= 11 is 0. The summed E-state index contributed by atoms with van der Waals surface area (Å²) in [4.78, 5) is 2.45. The van der Waals surface area contributed by atoms with Crippen molar-refractivity contribution >= 4 is 0 Å². The molecule has 0 saturated carbocycles. The van der Waals surface area contributed by atoms with Gasteiger partial charge in [0.1, 0.15) is 0 Å². The smallest absolute Gasteiger partial charge is 0.0967 e. The van der Waals surface area contributed by atoms with Crippen LogP contribution in [0.2, 0.25) is 0 Å². The summed E-state index contributed by atoms with van der Waals surface area (Å²) < 4.78 is 0. The standard InChI is InChI=1S/C16H23N3/c1-13(2)18-16(11-17)8-10-19-9-7-14-5-3-4-6-15(14)12-19/h3-6,13,16,18H,7-10,12H2,1-2H3. The van der Waals surface area contributed by atoms with E-state index in [9.17, 15) is 0 Å². The molecule has 1 aromatic rings. The Morgan fingerprint density at radius 1 is 1.32 bits per heavy atom. The number of hydrogen-bond donors (Lipinski definition) is 1. The van der Waals surface area contributed by atoms with Crippen molar-refractivity contribution in [2.24, 2.45) is 0 Å². The lowest BCUT2D eigenvalue weighted by molar-refractivity contribution is 0.243. The number of nitriles is 1. The van der Waals surface area contributed by atoms with Gasteiger partial charge in [0.15, 0.2) is 0 Å². The zero-order chi connectivity index (χ0) is 13.7. The van der Waals surface area contributed by atoms with Gasteiger partial charge in [-0.1, -0.05) is 24.3 Å². The first-order valence-corrected chi connectivity index (χ1v) is 7.14. The van der Waals surface area contributed by atoms with Crippen LogP contribution in [0, 0.1) is 11.3 Å². The van der Waals surface area contributed by atoms with Crippen LogP contribution in [0.3, 0.4) is 0 Å². The van der Waals surface area contributed by atoms with E-state index in [0.29, 0.717) is 6.04 Å². The third-order valence-electron chi connectivity index (χ3n) is 3.63. The lowest BCUT2D eigenvalue weighted by Crippen LogP contribution is -2.38. The first-order chi connectivity index (χ1) is 9.19. The predicted octanol–water partition coefficient (Wildman–Crippen LogP) is 2.32. The van der Waals surface area contributed by atoms with Gasteiger partial charge in [0.2, 0.25) is 0 Å². The van der Waals surface area contributed by atoms with Gasteiger partial charge < -0.3 is 0 Å². The maximum absolute atomic E-state index is 9.13. The van der Waals surface area contributed by atoms with E-state index < -0.39 is 0 Å². The van der Waals surface area contributed by atoms with Crippen LogP contribution in [-0.4, -0.2) is 30.1 Å². The number of fused-ring (bicyclic) bond motifs is 1. The Hall–Kier alpha value is -1.37. The minimum absolute atomic E-state index is 0.0304. The molecule has 0 aromatic heterocycles. The van der Waals surface area contributed by atoms with Crippen LogP contribution in [0.5, 0.6) is 0 Å². The molecule has 1 heterocycles. The van der Waals surface area contributed by atoms with E-state index in [1.807, 2.05) is 0 Å². The van der Waals surface area contributed by atoms with Crippen molar-refractivity contribution in [2.75, 3.05) is 13.1 Å². The molecule has 0 spiro atoms. The number of nitrogens with zero attached hydrogens (tertiary/aromatic N) is 2. The van der Waals surface area contributed by atoms with Crippen LogP contribution in [0.25, 0.3) is 0 Å². The molecular formula is C16H23N3. The highest BCUT2D eigenvalue weighted by Crippen LogP contribution is 2.18. The Balaban J connectivity index is 1.84. The van der Waals surface area contributed by atoms with Gasteiger partial charge in [0, 0.05) is 25.7 Å². The molecule has 0 saturated heterocycles. The Morgan fingerprint density at radius 3 is 2.74 bits per heavy atom. The maximum Gasteiger partial charge on any atom is 0.0967 e. The molecule has 1 aliphatic heterocycles. The van der Waals surface area contributed by atoms with Gasteiger partial charge in [-0.2, -0.15) is 5.26 Å². The molecule has 19 heavy (non-hydrogen) atoms. The van der Waals surface area contributed by atoms with Crippen LogP contribution in [0.1, 0.15) is 31.4 Å². The highest BCUT2D eigenvalue weighted by molar-refractivity contribution is 5.29. The largest absolute Gasteiger partial charge is 0.300 e. The molecule has 1 N–H and O–H groups in total. The van der Waals surface area contributed by atoms with E-state index in [4.69, 9.17) is 5.26 Å². The molecule has 3 heteroatoms. The minimum Gasteiger partial charge on any atom is -0.300 e. The molecule has 0 bridgehead atoms. The summed E-state index contributed by atoms with van der Waals surface area (Å²) in [5.74, 6) is 0. The summed E-state index contributed by atoms with van der Waals surface area (Å²) in [5, 5.41) is 12.4. The molecule has 0 fully saturated rings. The first-order valence-electron chi connectivity index (χ1n) is 7.14. The number of hydrogen-bond acceptors (Lipinski definition) is 3. The molecule has 0 amide bonds. The Kier molecular flexibility index (Phi) is 4.95. The van der Waals surface area contributed by atoms with Crippen LogP contribution in [0.4, 0.5) is 0 Å². The van der Waals surface area contributed by atoms with E-state index in [2.05, 4.69) is 54.4 Å². The van der Waals surface area contributed by atoms with Crippen LogP contribution >= 0.6 is 0 Å². The number of benzene rings is 1. The monoisotopic (exact) mass is 257 g/mol. The van der Waals surface area contributed by atoms with Crippen LogP contribution in [0.15, 0.2) is 24.3 Å². The molecule has 0 radical (unpaired) electrons. The van der Waals surface area contributed by atoms with Crippen molar-refractivity contribution in [3.63, 3.8) is 0 Å². The van der Waals surface area contributed by atoms with Gasteiger partial charge in [-0.25, -0.2) is 0 Å². The second-order valence-corrected chi connectivity index (χ2v) is 5.59. The zero-order valence-electron chi connectivity index (χ0n) is 11.9. The van der Waals surface area contributed by atoms with Crippen molar-refractivity contribution in [1.29, 1.82) is 5.26 Å². The molecule has 3 nitrogen and oxygen atoms in total. The normalized spacial score (nSPS) is 16.9. The zero-order valence-corrected chi connectivity index (χ0v) is 11.9. The Morgan fingerprint density at radius 2 is 2.05 bits per heavy atom. The molecule has 1 aliphatic rings. The summed E-state index contributed by atoms with van der Waals surface area (Å²) in [6.07, 6.45) is 2.03. The van der Waals surface area contributed by atoms with E-state index in [1.54, 1.807) is 0 Å². The van der Waals surface area contributed by atoms with E-state index in [0.717, 1.165) is 32.5 Å². The van der Waals surface area contributed by atoms with Gasteiger partial charge in [0.25, 0.3) is 0 Å². The maximum atomic E-state index is 9.13. The summed E-state index contributed by atoms with van der Waals surface area (Å²) in [6.45, 7) is 7.29. The van der Waals surface area contributed by atoms with Gasteiger partial charge >= 0.3 is 0 Å². The number of rotatable bonds is 5. The SMILES string of the molecule is CC(C)NC(C#N)CCN1CCc2ccccc2C1. The molecule has 1 aromatic carbocycles. The molecule has 0 aliphatic carbocycles. The summed E-state index contributed by atoms with van der Waals surface area (Å²) in [5.41, 5.74) is 2.93. The van der Waals surface area contributed by atoms with E-state index in [1.165, 1.54) is 11.1 Å². The fraction of sp³-hybridized carbons (Fsp3) is 0.562. The average Bonchev–Trinajstić information content (AvgIpc) is 2.42. The average molecular weight is 257 g/mol. The number of nitrogens with one attached hydrogen (secondary N) is 1.